The van der Waals surface area contributed by atoms with E-state index >= 15 is 0 Å². The van der Waals surface area contributed by atoms with Gasteiger partial charge in [-0.05, 0) is 0 Å². The number of rotatable bonds is 6. The van der Waals surface area contributed by atoms with Crippen LogP contribution >= 0.6 is 0 Å². The van der Waals surface area contributed by atoms with Crippen molar-refractivity contribution in [2.45, 2.75) is 19.4 Å². The van der Waals surface area contributed by atoms with E-state index in [1.54, 1.807) is 6.20 Å². The van der Waals surface area contributed by atoms with E-state index < -0.39 is 13.0 Å². The standard InChI is InChI=1S/C8H13F2N3O/c9-7(10)5-14-2-1-8-12-4-6(3-11)13-8/h4,7H,1-3,5,11H2,(H,12,13). The van der Waals surface area contributed by atoms with Gasteiger partial charge in [-0.1, -0.05) is 0 Å². The maximum atomic E-state index is 11.7. The molecule has 3 N–H and O–H groups in total. The van der Waals surface area contributed by atoms with Gasteiger partial charge in [0.15, 0.2) is 0 Å². The first-order valence-electron chi connectivity index (χ1n) is 4.31. The van der Waals surface area contributed by atoms with Gasteiger partial charge in [0.25, 0.3) is 6.43 Å². The van der Waals surface area contributed by atoms with Crippen molar-refractivity contribution in [1.29, 1.82) is 0 Å². The van der Waals surface area contributed by atoms with E-state index in [1.165, 1.54) is 0 Å². The Morgan fingerprint density at radius 1 is 1.57 bits per heavy atom. The van der Waals surface area contributed by atoms with Crippen molar-refractivity contribution < 1.29 is 13.5 Å². The van der Waals surface area contributed by atoms with Gasteiger partial charge >= 0.3 is 0 Å². The summed E-state index contributed by atoms with van der Waals surface area (Å²) in [6.45, 7) is 0.108. The lowest BCUT2D eigenvalue weighted by Gasteiger charge is -2.00. The molecule has 0 spiro atoms. The Morgan fingerprint density at radius 3 is 2.93 bits per heavy atom. The summed E-state index contributed by atoms with van der Waals surface area (Å²) in [6, 6.07) is 0. The largest absolute Gasteiger partial charge is 0.375 e. The third kappa shape index (κ3) is 3.80. The van der Waals surface area contributed by atoms with Crippen molar-refractivity contribution in [1.82, 2.24) is 9.97 Å². The predicted octanol–water partition coefficient (Wildman–Crippen LogP) is 0.693. The third-order valence-corrected chi connectivity index (χ3v) is 1.63. The lowest BCUT2D eigenvalue weighted by molar-refractivity contribution is 0.0183. The van der Waals surface area contributed by atoms with Crippen molar-refractivity contribution in [3.05, 3.63) is 17.7 Å². The number of aromatic nitrogens is 2. The highest BCUT2D eigenvalue weighted by molar-refractivity contribution is 5.00. The van der Waals surface area contributed by atoms with Crippen LogP contribution in [0.1, 0.15) is 11.5 Å². The summed E-state index contributed by atoms with van der Waals surface area (Å²) in [5, 5.41) is 0. The smallest absolute Gasteiger partial charge is 0.261 e. The Labute approximate surface area is 80.5 Å². The Balaban J connectivity index is 2.18. The lowest BCUT2D eigenvalue weighted by Crippen LogP contribution is -2.07. The van der Waals surface area contributed by atoms with E-state index in [-0.39, 0.29) is 6.61 Å². The van der Waals surface area contributed by atoms with Gasteiger partial charge in [-0.15, -0.1) is 0 Å². The van der Waals surface area contributed by atoms with Crippen LogP contribution in [0.25, 0.3) is 0 Å². The number of H-pyrrole nitrogens is 1. The predicted molar refractivity (Wildman–Crippen MR) is 47.0 cm³/mol. The lowest BCUT2D eigenvalue weighted by atomic mass is 10.4. The molecular weight excluding hydrogens is 192 g/mol. The molecule has 0 fully saturated rings. The van der Waals surface area contributed by atoms with Gasteiger partial charge in [0.05, 0.1) is 6.61 Å². The first kappa shape index (κ1) is 11.1. The Morgan fingerprint density at radius 2 is 2.36 bits per heavy atom. The fourth-order valence-electron chi connectivity index (χ4n) is 0.978. The van der Waals surface area contributed by atoms with E-state index in [0.29, 0.717) is 18.8 Å². The van der Waals surface area contributed by atoms with E-state index in [4.69, 9.17) is 10.5 Å². The minimum atomic E-state index is -2.41. The molecule has 0 aliphatic rings. The molecule has 0 amide bonds. The van der Waals surface area contributed by atoms with Crippen LogP contribution in [-0.4, -0.2) is 29.6 Å². The number of nitrogens with two attached hydrogens (primary N) is 1. The van der Waals surface area contributed by atoms with Gasteiger partial charge in [-0.25, -0.2) is 13.8 Å². The fourth-order valence-corrected chi connectivity index (χ4v) is 0.978. The minimum Gasteiger partial charge on any atom is -0.375 e. The summed E-state index contributed by atoms with van der Waals surface area (Å²) in [7, 11) is 0. The summed E-state index contributed by atoms with van der Waals surface area (Å²) in [5.41, 5.74) is 6.18. The Hall–Kier alpha value is -1.01. The number of hydrogen-bond acceptors (Lipinski definition) is 3. The van der Waals surface area contributed by atoms with Gasteiger partial charge < -0.3 is 15.5 Å². The van der Waals surface area contributed by atoms with Crippen LogP contribution < -0.4 is 5.73 Å². The summed E-state index contributed by atoms with van der Waals surface area (Å²) < 4.78 is 28.0. The molecule has 0 saturated carbocycles. The van der Waals surface area contributed by atoms with Crippen molar-refractivity contribution in [2.75, 3.05) is 13.2 Å². The Bertz CT molecular complexity index is 265. The molecule has 80 valence electrons. The molecule has 0 radical (unpaired) electrons. The van der Waals surface area contributed by atoms with E-state index in [9.17, 15) is 8.78 Å². The first-order valence-corrected chi connectivity index (χ1v) is 4.31. The maximum Gasteiger partial charge on any atom is 0.261 e. The molecule has 0 aliphatic carbocycles. The monoisotopic (exact) mass is 205 g/mol. The van der Waals surface area contributed by atoms with E-state index in [1.807, 2.05) is 0 Å². The van der Waals surface area contributed by atoms with Gasteiger partial charge in [0.2, 0.25) is 0 Å². The van der Waals surface area contributed by atoms with Crippen LogP contribution in [-0.2, 0) is 17.7 Å². The second kappa shape index (κ2) is 5.66. The fraction of sp³-hybridized carbons (Fsp3) is 0.625. The van der Waals surface area contributed by atoms with Gasteiger partial charge in [-0.3, -0.25) is 0 Å². The summed E-state index contributed by atoms with van der Waals surface area (Å²) in [5.74, 6) is 0.708. The molecular formula is C8H13F2N3O. The minimum absolute atomic E-state index is 0.238. The summed E-state index contributed by atoms with van der Waals surface area (Å²) in [4.78, 5) is 6.95. The number of alkyl halides is 2. The van der Waals surface area contributed by atoms with E-state index in [0.717, 1.165) is 5.69 Å². The molecule has 4 nitrogen and oxygen atoms in total. The molecule has 1 heterocycles. The SMILES string of the molecule is NCc1cnc(CCOCC(F)F)[nH]1. The number of nitrogens with zero attached hydrogens (tertiary/aromatic N) is 1. The molecule has 0 aliphatic heterocycles. The number of imidazole rings is 1. The summed E-state index contributed by atoms with van der Waals surface area (Å²) >= 11 is 0. The highest BCUT2D eigenvalue weighted by atomic mass is 19.3. The van der Waals surface area contributed by atoms with Gasteiger partial charge in [-0.2, -0.15) is 0 Å². The zero-order chi connectivity index (χ0) is 10.4. The second-order valence-corrected chi connectivity index (χ2v) is 2.78. The van der Waals surface area contributed by atoms with Crippen molar-refractivity contribution in [2.24, 2.45) is 5.73 Å². The molecule has 1 rings (SSSR count). The third-order valence-electron chi connectivity index (χ3n) is 1.63. The first-order chi connectivity index (χ1) is 6.72. The average molecular weight is 205 g/mol. The normalized spacial score (nSPS) is 11.1. The van der Waals surface area contributed by atoms with Crippen LogP contribution in [0.15, 0.2) is 6.20 Å². The molecule has 1 aromatic rings. The highest BCUT2D eigenvalue weighted by Crippen LogP contribution is 1.98. The zero-order valence-corrected chi connectivity index (χ0v) is 7.67. The van der Waals surface area contributed by atoms with Crippen LogP contribution in [0.5, 0.6) is 0 Å². The second-order valence-electron chi connectivity index (χ2n) is 2.78. The van der Waals surface area contributed by atoms with Crippen molar-refractivity contribution in [3.8, 4) is 0 Å². The molecule has 0 bridgehead atoms. The van der Waals surface area contributed by atoms with E-state index in [2.05, 4.69) is 9.97 Å². The maximum absolute atomic E-state index is 11.7. The van der Waals surface area contributed by atoms with Crippen molar-refractivity contribution in [3.63, 3.8) is 0 Å². The number of halogens is 2. The average Bonchev–Trinajstić information content (AvgIpc) is 2.60. The summed E-state index contributed by atoms with van der Waals surface area (Å²) in [6.07, 6.45) is -0.291. The number of nitrogens with one attached hydrogen (secondary N) is 1. The van der Waals surface area contributed by atoms with Crippen LogP contribution in [0.4, 0.5) is 8.78 Å². The molecule has 1 aromatic heterocycles. The topological polar surface area (TPSA) is 63.9 Å². The molecule has 0 unspecified atom stereocenters. The van der Waals surface area contributed by atoms with Crippen LogP contribution in [0.3, 0.4) is 0 Å². The number of ether oxygens (including phenoxy) is 1. The highest BCUT2D eigenvalue weighted by Gasteiger charge is 2.03. The molecule has 14 heavy (non-hydrogen) atoms. The molecule has 6 heteroatoms. The van der Waals surface area contributed by atoms with Crippen molar-refractivity contribution >= 4 is 0 Å². The van der Waals surface area contributed by atoms with Gasteiger partial charge in [0.1, 0.15) is 12.4 Å². The van der Waals surface area contributed by atoms with Crippen LogP contribution in [0, 0.1) is 0 Å². The quantitative estimate of drug-likeness (QED) is 0.672. The number of hydrogen-bond donors (Lipinski definition) is 2. The molecule has 0 aromatic carbocycles. The zero-order valence-electron chi connectivity index (χ0n) is 7.67. The molecule has 0 atom stereocenters. The van der Waals surface area contributed by atoms with Crippen LogP contribution in [0.2, 0.25) is 0 Å². The van der Waals surface area contributed by atoms with Gasteiger partial charge in [0, 0.05) is 24.9 Å². The number of aromatic amines is 1. The Kier molecular flexibility index (Phi) is 4.48. The molecule has 0 saturated heterocycles.